The fourth-order valence-electron chi connectivity index (χ4n) is 4.46. The van der Waals surface area contributed by atoms with Crippen molar-refractivity contribution in [3.8, 4) is 5.13 Å². The van der Waals surface area contributed by atoms with Crippen molar-refractivity contribution in [3.63, 3.8) is 0 Å². The molecule has 3 aromatic heterocycles. The summed E-state index contributed by atoms with van der Waals surface area (Å²) >= 11 is 1.41. The highest BCUT2D eigenvalue weighted by Crippen LogP contribution is 2.27. The van der Waals surface area contributed by atoms with Gasteiger partial charge in [0, 0.05) is 42.8 Å². The van der Waals surface area contributed by atoms with E-state index in [0.29, 0.717) is 42.3 Å². The molecule has 0 spiro atoms. The molecule has 0 bridgehead atoms. The lowest BCUT2D eigenvalue weighted by Gasteiger charge is -2.22. The Morgan fingerprint density at radius 1 is 1.27 bits per heavy atom. The van der Waals surface area contributed by atoms with E-state index in [1.54, 1.807) is 42.6 Å². The monoisotopic (exact) mass is 521 g/mol. The number of aromatic nitrogens is 3. The maximum absolute atomic E-state index is 15.4. The van der Waals surface area contributed by atoms with E-state index in [-0.39, 0.29) is 22.7 Å². The Labute approximate surface area is 217 Å². The topological polar surface area (TPSA) is 89.4 Å². The minimum atomic E-state index is -0.604. The smallest absolute Gasteiger partial charge is 0.407 e. The number of hydrogen-bond acceptors (Lipinski definition) is 7. The summed E-state index contributed by atoms with van der Waals surface area (Å²) in [5.74, 6) is -0.438. The van der Waals surface area contributed by atoms with Crippen LogP contribution in [-0.2, 0) is 11.2 Å². The molecule has 1 fully saturated rings. The summed E-state index contributed by atoms with van der Waals surface area (Å²) in [6, 6.07) is 10.7. The Balaban J connectivity index is 1.50. The number of amides is 1. The van der Waals surface area contributed by atoms with E-state index in [1.165, 1.54) is 17.4 Å². The van der Waals surface area contributed by atoms with E-state index in [9.17, 15) is 9.59 Å². The van der Waals surface area contributed by atoms with E-state index in [0.717, 1.165) is 5.56 Å². The van der Waals surface area contributed by atoms with Crippen LogP contribution in [0.2, 0.25) is 0 Å². The van der Waals surface area contributed by atoms with Gasteiger partial charge >= 0.3 is 6.09 Å². The molecule has 1 aliphatic heterocycles. The van der Waals surface area contributed by atoms with Crippen molar-refractivity contribution in [1.29, 1.82) is 0 Å². The molecule has 1 saturated heterocycles. The quantitative estimate of drug-likeness (QED) is 0.410. The van der Waals surface area contributed by atoms with Crippen LogP contribution in [0.3, 0.4) is 0 Å². The van der Waals surface area contributed by atoms with Crippen molar-refractivity contribution in [2.75, 3.05) is 18.0 Å². The second-order valence-corrected chi connectivity index (χ2v) is 10.9. The summed E-state index contributed by atoms with van der Waals surface area (Å²) < 4.78 is 22.5. The molecule has 0 radical (unpaired) electrons. The first-order valence-corrected chi connectivity index (χ1v) is 13.0. The van der Waals surface area contributed by atoms with Gasteiger partial charge in [0.05, 0.1) is 11.4 Å². The van der Waals surface area contributed by atoms with Gasteiger partial charge in [-0.1, -0.05) is 30.3 Å². The number of anilines is 1. The standard InChI is InChI=1S/C27H28FN5O3S/c1-27(2,3)36-26(35)30-19-9-11-32(16-19)24-21(28)14-20-22(34)18(13-17-7-5-4-6-8-17)15-33(23(20)31-24)25-29-10-12-37-25/h4-8,10,12,14-15,19H,9,11,13,16H2,1-3H3,(H,30,35). The van der Waals surface area contributed by atoms with Gasteiger partial charge in [-0.3, -0.25) is 9.36 Å². The lowest BCUT2D eigenvalue weighted by molar-refractivity contribution is 0.0509. The molecule has 10 heteroatoms. The molecule has 1 unspecified atom stereocenters. The van der Waals surface area contributed by atoms with Crippen LogP contribution in [0, 0.1) is 5.82 Å². The number of ether oxygens (including phenoxy) is 1. The average Bonchev–Trinajstić information content (AvgIpc) is 3.53. The summed E-state index contributed by atoms with van der Waals surface area (Å²) in [5.41, 5.74) is 1.00. The van der Waals surface area contributed by atoms with Crippen molar-refractivity contribution < 1.29 is 13.9 Å². The van der Waals surface area contributed by atoms with Crippen LogP contribution in [0.5, 0.6) is 0 Å². The van der Waals surface area contributed by atoms with Crippen LogP contribution in [0.1, 0.15) is 38.3 Å². The van der Waals surface area contributed by atoms with Gasteiger partial charge in [0.25, 0.3) is 0 Å². The summed E-state index contributed by atoms with van der Waals surface area (Å²) in [4.78, 5) is 36.4. The molecule has 8 nitrogen and oxygen atoms in total. The van der Waals surface area contributed by atoms with Crippen molar-refractivity contribution in [2.45, 2.75) is 45.3 Å². The number of alkyl carbamates (subject to hydrolysis) is 1. The van der Waals surface area contributed by atoms with Gasteiger partial charge in [-0.25, -0.2) is 19.2 Å². The lowest BCUT2D eigenvalue weighted by Crippen LogP contribution is -2.40. The summed E-state index contributed by atoms with van der Waals surface area (Å²) in [6.07, 6.45) is 3.96. The fraction of sp³-hybridized carbons (Fsp3) is 0.333. The Morgan fingerprint density at radius 3 is 2.76 bits per heavy atom. The van der Waals surface area contributed by atoms with Crippen LogP contribution >= 0.6 is 11.3 Å². The number of rotatable bonds is 5. The molecule has 5 rings (SSSR count). The maximum Gasteiger partial charge on any atom is 0.407 e. The highest BCUT2D eigenvalue weighted by molar-refractivity contribution is 7.12. The average molecular weight is 522 g/mol. The molecule has 4 heterocycles. The number of pyridine rings is 2. The van der Waals surface area contributed by atoms with Gasteiger partial charge in [-0.15, -0.1) is 11.3 Å². The van der Waals surface area contributed by atoms with Crippen LogP contribution in [0.25, 0.3) is 16.2 Å². The minimum absolute atomic E-state index is 0.140. The van der Waals surface area contributed by atoms with Gasteiger partial charge < -0.3 is 15.0 Å². The zero-order chi connectivity index (χ0) is 26.2. The molecule has 1 N–H and O–H groups in total. The Kier molecular flexibility index (Phi) is 6.68. The molecule has 4 aromatic rings. The molecular formula is C27H28FN5O3S. The zero-order valence-corrected chi connectivity index (χ0v) is 21.7. The molecule has 1 aromatic carbocycles. The Hall–Kier alpha value is -3.79. The molecule has 1 aliphatic rings. The third-order valence-corrected chi connectivity index (χ3v) is 6.83. The number of nitrogens with one attached hydrogen (secondary N) is 1. The highest BCUT2D eigenvalue weighted by atomic mass is 32.1. The molecule has 0 aliphatic carbocycles. The SMILES string of the molecule is CC(C)(C)OC(=O)NC1CCN(c2nc3c(cc2F)c(=O)c(Cc2ccccc2)cn3-c2nccs2)C1. The van der Waals surface area contributed by atoms with E-state index < -0.39 is 17.5 Å². The van der Waals surface area contributed by atoms with Gasteiger partial charge in [-0.05, 0) is 38.8 Å². The third-order valence-electron chi connectivity index (χ3n) is 6.06. The first-order chi connectivity index (χ1) is 17.7. The molecule has 192 valence electrons. The van der Waals surface area contributed by atoms with E-state index in [1.807, 2.05) is 35.7 Å². The van der Waals surface area contributed by atoms with Crippen molar-refractivity contribution >= 4 is 34.3 Å². The number of benzene rings is 1. The van der Waals surface area contributed by atoms with E-state index in [2.05, 4.69) is 15.3 Å². The molecule has 37 heavy (non-hydrogen) atoms. The number of fused-ring (bicyclic) bond motifs is 1. The van der Waals surface area contributed by atoms with Crippen LogP contribution in [0.4, 0.5) is 15.0 Å². The van der Waals surface area contributed by atoms with Crippen molar-refractivity contribution in [3.05, 3.63) is 81.3 Å². The van der Waals surface area contributed by atoms with Crippen LogP contribution in [0.15, 0.2) is 59.0 Å². The number of nitrogens with zero attached hydrogens (tertiary/aromatic N) is 4. The number of halogens is 1. The lowest BCUT2D eigenvalue weighted by atomic mass is 10.0. The zero-order valence-electron chi connectivity index (χ0n) is 20.9. The maximum atomic E-state index is 15.4. The minimum Gasteiger partial charge on any atom is -0.444 e. The largest absolute Gasteiger partial charge is 0.444 e. The second-order valence-electron chi connectivity index (χ2n) is 10.1. The third kappa shape index (κ3) is 5.48. The number of hydrogen-bond donors (Lipinski definition) is 1. The number of thiazole rings is 1. The van der Waals surface area contributed by atoms with Crippen molar-refractivity contribution in [2.24, 2.45) is 0 Å². The second kappa shape index (κ2) is 9.93. The van der Waals surface area contributed by atoms with Gasteiger partial charge in [0.1, 0.15) is 5.60 Å². The molecule has 1 amide bonds. The van der Waals surface area contributed by atoms with Crippen molar-refractivity contribution in [1.82, 2.24) is 19.9 Å². The number of carbonyl (C=O) groups excluding carboxylic acids is 1. The predicted molar refractivity (Wildman–Crippen MR) is 142 cm³/mol. The number of carbonyl (C=O) groups is 1. The first kappa shape index (κ1) is 24.9. The Morgan fingerprint density at radius 2 is 2.05 bits per heavy atom. The fourth-order valence-corrected chi connectivity index (χ4v) is 5.08. The van der Waals surface area contributed by atoms with E-state index in [4.69, 9.17) is 4.74 Å². The van der Waals surface area contributed by atoms with E-state index >= 15 is 4.39 Å². The van der Waals surface area contributed by atoms with Gasteiger partial charge in [-0.2, -0.15) is 0 Å². The molecule has 0 saturated carbocycles. The predicted octanol–water partition coefficient (Wildman–Crippen LogP) is 4.68. The van der Waals surface area contributed by atoms with Crippen LogP contribution < -0.4 is 15.6 Å². The normalized spacial score (nSPS) is 15.8. The van der Waals surface area contributed by atoms with Gasteiger partial charge in [0.15, 0.2) is 27.8 Å². The molecule has 1 atom stereocenters. The highest BCUT2D eigenvalue weighted by Gasteiger charge is 2.29. The Bertz CT molecular complexity index is 1480. The molecular weight excluding hydrogens is 493 g/mol. The summed E-state index contributed by atoms with van der Waals surface area (Å²) in [7, 11) is 0. The summed E-state index contributed by atoms with van der Waals surface area (Å²) in [5, 5.41) is 5.53. The summed E-state index contributed by atoms with van der Waals surface area (Å²) in [6.45, 7) is 6.28. The van der Waals surface area contributed by atoms with Crippen LogP contribution in [-0.4, -0.2) is 45.4 Å². The van der Waals surface area contributed by atoms with Gasteiger partial charge in [0.2, 0.25) is 0 Å². The first-order valence-electron chi connectivity index (χ1n) is 12.1.